The fourth-order valence-corrected chi connectivity index (χ4v) is 3.71. The first-order valence-corrected chi connectivity index (χ1v) is 10.5. The van der Waals surface area contributed by atoms with Gasteiger partial charge in [0.2, 0.25) is 11.8 Å². The number of halogens is 3. The monoisotopic (exact) mass is 444 g/mol. The third-order valence-corrected chi connectivity index (χ3v) is 5.61. The second-order valence-corrected chi connectivity index (χ2v) is 8.20. The molecule has 4 N–H and O–H groups in total. The lowest BCUT2D eigenvalue weighted by molar-refractivity contribution is -0.144. The number of nitrogens with zero attached hydrogens (tertiary/aromatic N) is 1. The molecule has 1 heterocycles. The molecule has 0 radical (unpaired) electrons. The SMILES string of the molecule is COCC(NC(=O)CCC(F)(F)F)c1ccnc(NC(=O)C(N)C2CCC(C)CC2)c1. The molecule has 2 unspecified atom stereocenters. The normalized spacial score (nSPS) is 21.2. The van der Waals surface area contributed by atoms with Crippen molar-refractivity contribution in [3.63, 3.8) is 0 Å². The van der Waals surface area contributed by atoms with Crippen molar-refractivity contribution in [2.75, 3.05) is 19.0 Å². The van der Waals surface area contributed by atoms with Gasteiger partial charge in [0.1, 0.15) is 5.82 Å². The number of anilines is 1. The van der Waals surface area contributed by atoms with Crippen molar-refractivity contribution in [3.8, 4) is 0 Å². The third-order valence-electron chi connectivity index (χ3n) is 5.61. The van der Waals surface area contributed by atoms with Gasteiger partial charge in [-0.3, -0.25) is 9.59 Å². The molecule has 2 amide bonds. The molecule has 1 aromatic rings. The van der Waals surface area contributed by atoms with Gasteiger partial charge in [0.15, 0.2) is 0 Å². The summed E-state index contributed by atoms with van der Waals surface area (Å²) < 4.78 is 42.1. The minimum absolute atomic E-state index is 0.0505. The minimum atomic E-state index is -4.41. The maximum atomic E-state index is 12.6. The van der Waals surface area contributed by atoms with Crippen molar-refractivity contribution in [3.05, 3.63) is 23.9 Å². The van der Waals surface area contributed by atoms with Gasteiger partial charge in [0.05, 0.1) is 25.1 Å². The van der Waals surface area contributed by atoms with Crippen molar-refractivity contribution in [1.29, 1.82) is 0 Å². The zero-order valence-electron chi connectivity index (χ0n) is 17.9. The summed E-state index contributed by atoms with van der Waals surface area (Å²) in [5.74, 6) is -0.0488. The van der Waals surface area contributed by atoms with Crippen molar-refractivity contribution < 1.29 is 27.5 Å². The van der Waals surface area contributed by atoms with Crippen LogP contribution in [0.25, 0.3) is 0 Å². The Morgan fingerprint density at radius 2 is 1.97 bits per heavy atom. The van der Waals surface area contributed by atoms with E-state index in [0.29, 0.717) is 11.5 Å². The predicted octanol–water partition coefficient (Wildman–Crippen LogP) is 3.32. The summed E-state index contributed by atoms with van der Waals surface area (Å²) in [6, 6.07) is 1.83. The molecule has 174 valence electrons. The number of pyridine rings is 1. The molecule has 1 fully saturated rings. The second kappa shape index (κ2) is 11.4. The molecular formula is C21H31F3N4O3. The van der Waals surface area contributed by atoms with Crippen molar-refractivity contribution >= 4 is 17.6 Å². The van der Waals surface area contributed by atoms with E-state index < -0.39 is 37.0 Å². The highest BCUT2D eigenvalue weighted by molar-refractivity contribution is 5.94. The van der Waals surface area contributed by atoms with Crippen LogP contribution in [0.3, 0.4) is 0 Å². The summed E-state index contributed by atoms with van der Waals surface area (Å²) in [5.41, 5.74) is 6.71. The lowest BCUT2D eigenvalue weighted by atomic mass is 9.79. The Morgan fingerprint density at radius 3 is 2.58 bits per heavy atom. The van der Waals surface area contributed by atoms with E-state index in [1.165, 1.54) is 13.3 Å². The van der Waals surface area contributed by atoms with Gasteiger partial charge in [-0.25, -0.2) is 4.98 Å². The van der Waals surface area contributed by atoms with E-state index >= 15 is 0 Å². The van der Waals surface area contributed by atoms with E-state index in [2.05, 4.69) is 22.5 Å². The first kappa shape index (κ1) is 25.1. The molecule has 0 aliphatic heterocycles. The van der Waals surface area contributed by atoms with Gasteiger partial charge in [-0.15, -0.1) is 0 Å². The molecule has 0 saturated heterocycles. The molecule has 2 rings (SSSR count). The summed E-state index contributed by atoms with van der Waals surface area (Å²) in [5, 5.41) is 5.25. The van der Waals surface area contributed by atoms with Gasteiger partial charge >= 0.3 is 6.18 Å². The molecule has 1 saturated carbocycles. The lowest BCUT2D eigenvalue weighted by Gasteiger charge is -2.29. The summed E-state index contributed by atoms with van der Waals surface area (Å²) in [7, 11) is 1.42. The average molecular weight is 444 g/mol. The van der Waals surface area contributed by atoms with Gasteiger partial charge in [0, 0.05) is 19.7 Å². The molecule has 0 bridgehead atoms. The van der Waals surface area contributed by atoms with Crippen LogP contribution in [0.5, 0.6) is 0 Å². The maximum Gasteiger partial charge on any atom is 0.389 e. The van der Waals surface area contributed by atoms with Gasteiger partial charge in [-0.1, -0.05) is 19.8 Å². The zero-order valence-corrected chi connectivity index (χ0v) is 17.9. The van der Waals surface area contributed by atoms with E-state index in [0.717, 1.165) is 25.7 Å². The third kappa shape index (κ3) is 8.45. The van der Waals surface area contributed by atoms with Crippen molar-refractivity contribution in [1.82, 2.24) is 10.3 Å². The number of carbonyl (C=O) groups is 2. The first-order valence-electron chi connectivity index (χ1n) is 10.5. The number of hydrogen-bond donors (Lipinski definition) is 3. The highest BCUT2D eigenvalue weighted by Gasteiger charge is 2.30. The quantitative estimate of drug-likeness (QED) is 0.542. The van der Waals surface area contributed by atoms with Crippen LogP contribution in [0.4, 0.5) is 19.0 Å². The van der Waals surface area contributed by atoms with E-state index in [9.17, 15) is 22.8 Å². The summed E-state index contributed by atoms with van der Waals surface area (Å²) >= 11 is 0. The van der Waals surface area contributed by atoms with Crippen LogP contribution in [0.2, 0.25) is 0 Å². The van der Waals surface area contributed by atoms with E-state index in [4.69, 9.17) is 10.5 Å². The number of carbonyl (C=O) groups excluding carboxylic acids is 2. The molecular weight excluding hydrogens is 413 g/mol. The smallest absolute Gasteiger partial charge is 0.382 e. The molecule has 10 heteroatoms. The van der Waals surface area contributed by atoms with Crippen molar-refractivity contribution in [2.24, 2.45) is 17.6 Å². The standard InChI is InChI=1S/C21H31F3N4O3/c1-13-3-5-14(6-4-13)19(25)20(30)28-17-11-15(8-10-26-17)16(12-31-2)27-18(29)7-9-21(22,23)24/h8,10-11,13-14,16,19H,3-7,9,12,25H2,1-2H3,(H,27,29)(H,26,28,30). The first-order chi connectivity index (χ1) is 14.6. The van der Waals surface area contributed by atoms with Crippen molar-refractivity contribution in [2.45, 2.75) is 63.7 Å². The number of rotatable bonds is 9. The minimum Gasteiger partial charge on any atom is -0.382 e. The van der Waals surface area contributed by atoms with Crippen LogP contribution in [0.15, 0.2) is 18.3 Å². The zero-order chi connectivity index (χ0) is 23.0. The average Bonchev–Trinajstić information content (AvgIpc) is 2.71. The summed E-state index contributed by atoms with van der Waals surface area (Å²) in [4.78, 5) is 28.6. The number of nitrogens with two attached hydrogens (primary N) is 1. The topological polar surface area (TPSA) is 106 Å². The van der Waals surface area contributed by atoms with Crippen LogP contribution in [0, 0.1) is 11.8 Å². The van der Waals surface area contributed by atoms with Gasteiger partial charge in [0.25, 0.3) is 0 Å². The number of methoxy groups -OCH3 is 1. The predicted molar refractivity (Wildman–Crippen MR) is 110 cm³/mol. The molecule has 0 spiro atoms. The second-order valence-electron chi connectivity index (χ2n) is 8.20. The number of hydrogen-bond acceptors (Lipinski definition) is 5. The van der Waals surface area contributed by atoms with Crippen LogP contribution in [-0.2, 0) is 14.3 Å². The Kier molecular flexibility index (Phi) is 9.24. The molecule has 7 nitrogen and oxygen atoms in total. The number of nitrogens with one attached hydrogen (secondary N) is 2. The van der Waals surface area contributed by atoms with E-state index in [1.54, 1.807) is 12.1 Å². The molecule has 1 aromatic heterocycles. The van der Waals surface area contributed by atoms with Gasteiger partial charge in [-0.05, 0) is 42.4 Å². The number of aromatic nitrogens is 1. The Labute approximate surface area is 180 Å². The molecule has 1 aliphatic carbocycles. The van der Waals surface area contributed by atoms with Crippen LogP contribution in [0.1, 0.15) is 57.1 Å². The Balaban J connectivity index is 2.00. The Morgan fingerprint density at radius 1 is 1.29 bits per heavy atom. The molecule has 31 heavy (non-hydrogen) atoms. The van der Waals surface area contributed by atoms with Crippen LogP contribution in [-0.4, -0.2) is 42.7 Å². The van der Waals surface area contributed by atoms with E-state index in [1.807, 2.05) is 0 Å². The number of ether oxygens (including phenoxy) is 1. The van der Waals surface area contributed by atoms with Gasteiger partial charge in [-0.2, -0.15) is 13.2 Å². The summed E-state index contributed by atoms with van der Waals surface area (Å²) in [6.07, 6.45) is -0.924. The van der Waals surface area contributed by atoms with Gasteiger partial charge < -0.3 is 21.1 Å². The van der Waals surface area contributed by atoms with Crippen LogP contribution >= 0.6 is 0 Å². The number of amides is 2. The Bertz CT molecular complexity index is 737. The largest absolute Gasteiger partial charge is 0.389 e. The van der Waals surface area contributed by atoms with E-state index in [-0.39, 0.29) is 24.2 Å². The molecule has 2 atom stereocenters. The highest BCUT2D eigenvalue weighted by atomic mass is 19.4. The van der Waals surface area contributed by atoms with Crippen LogP contribution < -0.4 is 16.4 Å². The Hall–Kier alpha value is -2.20. The fraction of sp³-hybridized carbons (Fsp3) is 0.667. The maximum absolute atomic E-state index is 12.6. The fourth-order valence-electron chi connectivity index (χ4n) is 3.71. The summed E-state index contributed by atoms with van der Waals surface area (Å²) in [6.45, 7) is 2.24. The molecule has 0 aromatic carbocycles. The number of alkyl halides is 3. The lowest BCUT2D eigenvalue weighted by Crippen LogP contribution is -2.43. The molecule has 1 aliphatic rings. The highest BCUT2D eigenvalue weighted by Crippen LogP contribution is 2.30.